The van der Waals surface area contributed by atoms with Crippen molar-refractivity contribution in [1.82, 2.24) is 0 Å². The maximum atomic E-state index is 12.8. The lowest BCUT2D eigenvalue weighted by molar-refractivity contribution is -0.140. The lowest BCUT2D eigenvalue weighted by Crippen LogP contribution is -2.43. The van der Waals surface area contributed by atoms with Crippen LogP contribution in [-0.2, 0) is 20.3 Å². The molecular weight excluding hydrogens is 264 g/mol. The van der Waals surface area contributed by atoms with E-state index in [4.69, 9.17) is 4.74 Å². The number of hydrogen-bond acceptors (Lipinski definition) is 5. The van der Waals surface area contributed by atoms with Crippen molar-refractivity contribution in [3.8, 4) is 0 Å². The summed E-state index contributed by atoms with van der Waals surface area (Å²) in [5, 5.41) is 8.08. The van der Waals surface area contributed by atoms with E-state index in [0.29, 0.717) is 4.90 Å². The molecule has 0 spiro atoms. The average molecular weight is 278 g/mol. The van der Waals surface area contributed by atoms with Crippen LogP contribution in [0, 0.1) is 12.8 Å². The molecule has 19 heavy (non-hydrogen) atoms. The SMILES string of the molecule is Cc1ccc(S(=O)[C@]23N=N[C@H](C)[C@H]2COC3=O)cc1. The Hall–Kier alpha value is -1.56. The van der Waals surface area contributed by atoms with E-state index in [0.717, 1.165) is 5.56 Å². The van der Waals surface area contributed by atoms with E-state index in [9.17, 15) is 9.00 Å². The molecule has 4 atom stereocenters. The lowest BCUT2D eigenvalue weighted by atomic mass is 9.98. The van der Waals surface area contributed by atoms with Crippen LogP contribution in [0.1, 0.15) is 12.5 Å². The van der Waals surface area contributed by atoms with Crippen LogP contribution >= 0.6 is 0 Å². The molecule has 5 nitrogen and oxygen atoms in total. The van der Waals surface area contributed by atoms with E-state index in [1.807, 2.05) is 26.0 Å². The Kier molecular flexibility index (Phi) is 2.78. The number of ether oxygens (including phenoxy) is 1. The molecule has 1 fully saturated rings. The number of esters is 1. The third-order valence-corrected chi connectivity index (χ3v) is 5.49. The van der Waals surface area contributed by atoms with Crippen molar-refractivity contribution < 1.29 is 13.7 Å². The van der Waals surface area contributed by atoms with Gasteiger partial charge in [-0.05, 0) is 26.0 Å². The largest absolute Gasteiger partial charge is 0.463 e. The third-order valence-electron chi connectivity index (χ3n) is 3.68. The predicted octanol–water partition coefficient (Wildman–Crippen LogP) is 1.83. The molecule has 0 radical (unpaired) electrons. The van der Waals surface area contributed by atoms with Gasteiger partial charge in [0.25, 0.3) is 4.87 Å². The van der Waals surface area contributed by atoms with Gasteiger partial charge < -0.3 is 4.74 Å². The van der Waals surface area contributed by atoms with Gasteiger partial charge in [0.1, 0.15) is 6.61 Å². The van der Waals surface area contributed by atoms with Crippen molar-refractivity contribution in [1.29, 1.82) is 0 Å². The molecule has 2 heterocycles. The first-order valence-corrected chi connectivity index (χ1v) is 7.28. The van der Waals surface area contributed by atoms with E-state index in [1.165, 1.54) is 0 Å². The molecule has 6 heteroatoms. The number of carbonyl (C=O) groups excluding carboxylic acids is 1. The number of benzene rings is 1. The Bertz CT molecular complexity index is 584. The number of cyclic esters (lactones) is 1. The average Bonchev–Trinajstić information content (AvgIpc) is 2.91. The summed E-state index contributed by atoms with van der Waals surface area (Å²) >= 11 is 0. The summed E-state index contributed by atoms with van der Waals surface area (Å²) in [4.78, 5) is 11.3. The van der Waals surface area contributed by atoms with E-state index >= 15 is 0 Å². The summed E-state index contributed by atoms with van der Waals surface area (Å²) in [6.07, 6.45) is 0. The fraction of sp³-hybridized carbons (Fsp3) is 0.462. The van der Waals surface area contributed by atoms with Gasteiger partial charge in [-0.2, -0.15) is 10.2 Å². The zero-order chi connectivity index (χ0) is 13.6. The van der Waals surface area contributed by atoms with Crippen LogP contribution in [-0.4, -0.2) is 27.7 Å². The van der Waals surface area contributed by atoms with Crippen molar-refractivity contribution in [2.24, 2.45) is 16.1 Å². The second kappa shape index (κ2) is 4.23. The Labute approximate surface area is 113 Å². The van der Waals surface area contributed by atoms with Gasteiger partial charge in [-0.25, -0.2) is 4.79 Å². The minimum atomic E-state index is -1.58. The summed E-state index contributed by atoms with van der Waals surface area (Å²) in [7, 11) is -1.58. The summed E-state index contributed by atoms with van der Waals surface area (Å²) in [6.45, 7) is 4.06. The lowest BCUT2D eigenvalue weighted by Gasteiger charge is -2.20. The van der Waals surface area contributed by atoms with Gasteiger partial charge in [-0.15, -0.1) is 0 Å². The Morgan fingerprint density at radius 2 is 2.05 bits per heavy atom. The molecule has 0 amide bonds. The van der Waals surface area contributed by atoms with Gasteiger partial charge in [-0.3, -0.25) is 4.21 Å². The quantitative estimate of drug-likeness (QED) is 0.775. The Balaban J connectivity index is 2.04. The minimum absolute atomic E-state index is 0.138. The van der Waals surface area contributed by atoms with E-state index < -0.39 is 21.6 Å². The third kappa shape index (κ3) is 1.66. The molecule has 0 aromatic heterocycles. The van der Waals surface area contributed by atoms with Crippen molar-refractivity contribution in [3.05, 3.63) is 29.8 Å². The van der Waals surface area contributed by atoms with Crippen LogP contribution < -0.4 is 0 Å². The molecule has 1 unspecified atom stereocenters. The molecule has 0 aliphatic carbocycles. The van der Waals surface area contributed by atoms with Gasteiger partial charge in [0.15, 0.2) is 0 Å². The van der Waals surface area contributed by atoms with Crippen LogP contribution in [0.3, 0.4) is 0 Å². The van der Waals surface area contributed by atoms with Gasteiger partial charge in [0, 0.05) is 4.90 Å². The highest BCUT2D eigenvalue weighted by Crippen LogP contribution is 2.44. The van der Waals surface area contributed by atoms with Gasteiger partial charge >= 0.3 is 5.97 Å². The maximum Gasteiger partial charge on any atom is 0.350 e. The van der Waals surface area contributed by atoms with Crippen LogP contribution in [0.5, 0.6) is 0 Å². The number of azo groups is 1. The molecule has 3 rings (SSSR count). The van der Waals surface area contributed by atoms with E-state index in [1.54, 1.807) is 12.1 Å². The zero-order valence-electron chi connectivity index (χ0n) is 10.7. The normalized spacial score (nSPS) is 34.1. The molecule has 1 saturated heterocycles. The highest BCUT2D eigenvalue weighted by atomic mass is 32.2. The fourth-order valence-electron chi connectivity index (χ4n) is 2.46. The molecule has 0 bridgehead atoms. The van der Waals surface area contributed by atoms with Crippen LogP contribution in [0.2, 0.25) is 0 Å². The second-order valence-corrected chi connectivity index (χ2v) is 6.57. The van der Waals surface area contributed by atoms with Crippen molar-refractivity contribution in [3.63, 3.8) is 0 Å². The van der Waals surface area contributed by atoms with Gasteiger partial charge in [0.05, 0.1) is 22.8 Å². The van der Waals surface area contributed by atoms with Crippen LogP contribution in [0.25, 0.3) is 0 Å². The molecule has 100 valence electrons. The smallest absolute Gasteiger partial charge is 0.350 e. The van der Waals surface area contributed by atoms with Crippen molar-refractivity contribution in [2.45, 2.75) is 29.7 Å². The van der Waals surface area contributed by atoms with E-state index in [-0.39, 0.29) is 18.6 Å². The number of hydrogen-bond donors (Lipinski definition) is 0. The topological polar surface area (TPSA) is 68.1 Å². The predicted molar refractivity (Wildman–Crippen MR) is 69.1 cm³/mol. The Morgan fingerprint density at radius 3 is 2.74 bits per heavy atom. The molecule has 2 aliphatic heterocycles. The standard InChI is InChI=1S/C13H14N2O3S/c1-8-3-5-10(6-4-8)19(17)13-11(7-18-12(13)16)9(2)14-15-13/h3-6,9,11H,7H2,1-2H3/t9-,11-,13-,19?/m1/s1. The van der Waals surface area contributed by atoms with Gasteiger partial charge in [-0.1, -0.05) is 17.7 Å². The first-order valence-electron chi connectivity index (χ1n) is 6.13. The number of aryl methyl sites for hydroxylation is 1. The fourth-order valence-corrected chi connectivity index (χ4v) is 4.08. The summed E-state index contributed by atoms with van der Waals surface area (Å²) in [5.41, 5.74) is 1.07. The van der Waals surface area contributed by atoms with Crippen LogP contribution in [0.4, 0.5) is 0 Å². The Morgan fingerprint density at radius 1 is 1.37 bits per heavy atom. The molecular formula is C13H14N2O3S. The highest BCUT2D eigenvalue weighted by molar-refractivity contribution is 7.87. The number of nitrogens with zero attached hydrogens (tertiary/aromatic N) is 2. The second-order valence-electron chi connectivity index (χ2n) is 4.94. The summed E-state index contributed by atoms with van der Waals surface area (Å²) < 4.78 is 17.8. The van der Waals surface area contributed by atoms with E-state index in [2.05, 4.69) is 10.2 Å². The van der Waals surface area contributed by atoms with Gasteiger partial charge in [0.2, 0.25) is 0 Å². The van der Waals surface area contributed by atoms with Crippen LogP contribution in [0.15, 0.2) is 39.4 Å². The number of carbonyl (C=O) groups is 1. The highest BCUT2D eigenvalue weighted by Gasteiger charge is 2.63. The first kappa shape index (κ1) is 12.5. The van der Waals surface area contributed by atoms with Crippen molar-refractivity contribution >= 4 is 16.8 Å². The minimum Gasteiger partial charge on any atom is -0.463 e. The van der Waals surface area contributed by atoms with Crippen molar-refractivity contribution in [2.75, 3.05) is 6.61 Å². The number of fused-ring (bicyclic) bond motifs is 1. The first-order chi connectivity index (χ1) is 9.05. The number of rotatable bonds is 2. The molecule has 2 aliphatic rings. The summed E-state index contributed by atoms with van der Waals surface area (Å²) in [5.74, 6) is -0.758. The summed E-state index contributed by atoms with van der Waals surface area (Å²) in [6, 6.07) is 7.13. The zero-order valence-corrected chi connectivity index (χ0v) is 11.5. The molecule has 0 saturated carbocycles. The molecule has 1 aromatic carbocycles. The molecule has 1 aromatic rings. The molecule has 0 N–H and O–H groups in total. The monoisotopic (exact) mass is 278 g/mol. The maximum absolute atomic E-state index is 12.8.